The molecule has 18 heavy (non-hydrogen) atoms. The van der Waals surface area contributed by atoms with Gasteiger partial charge in [0, 0.05) is 0 Å². The Balaban J connectivity index is 2.22. The summed E-state index contributed by atoms with van der Waals surface area (Å²) in [4.78, 5) is 23.9. The summed E-state index contributed by atoms with van der Waals surface area (Å²) in [6.07, 6.45) is 4.10. The maximum Gasteiger partial charge on any atom is 0.324 e. The Bertz CT molecular complexity index is 354. The summed E-state index contributed by atoms with van der Waals surface area (Å²) < 4.78 is 5.35. The van der Waals surface area contributed by atoms with Gasteiger partial charge >= 0.3 is 11.9 Å². The quantitative estimate of drug-likeness (QED) is 0.607. The lowest BCUT2D eigenvalue weighted by atomic mass is 9.69. The molecule has 0 aromatic heterocycles. The number of hydrogen-bond donors (Lipinski definition) is 1. The summed E-state index contributed by atoms with van der Waals surface area (Å²) in [5.74, 6) is -0.785. The molecule has 0 amide bonds. The highest BCUT2D eigenvalue weighted by Gasteiger charge is 2.55. The summed E-state index contributed by atoms with van der Waals surface area (Å²) in [6, 6.07) is 0. The summed E-state index contributed by atoms with van der Waals surface area (Å²) in [5.41, 5.74) is -1.92. The predicted molar refractivity (Wildman–Crippen MR) is 66.0 cm³/mol. The average Bonchev–Trinajstić information content (AvgIpc) is 2.55. The summed E-state index contributed by atoms with van der Waals surface area (Å²) in [6.45, 7) is 5.33. The smallest absolute Gasteiger partial charge is 0.324 e. The Hall–Kier alpha value is -1.06. The Kier molecular flexibility index (Phi) is 3.16. The molecule has 3 atom stereocenters. The van der Waals surface area contributed by atoms with E-state index >= 15 is 0 Å². The molecule has 0 saturated heterocycles. The lowest BCUT2D eigenvalue weighted by Gasteiger charge is -2.36. The highest BCUT2D eigenvalue weighted by molar-refractivity contribution is 5.99. The van der Waals surface area contributed by atoms with Gasteiger partial charge in [0.2, 0.25) is 0 Å². The number of carboxylic acid groups (broad SMARTS) is 1. The van der Waals surface area contributed by atoms with Crippen LogP contribution in [0.25, 0.3) is 0 Å². The van der Waals surface area contributed by atoms with E-state index in [-0.39, 0.29) is 0 Å². The van der Waals surface area contributed by atoms with Gasteiger partial charge in [0.05, 0.1) is 0 Å². The van der Waals surface area contributed by atoms with Crippen LogP contribution in [0.2, 0.25) is 0 Å². The van der Waals surface area contributed by atoms with Crippen LogP contribution in [0.15, 0.2) is 0 Å². The molecule has 0 aromatic rings. The van der Waals surface area contributed by atoms with Crippen LogP contribution >= 0.6 is 0 Å². The largest absolute Gasteiger partial charge is 0.480 e. The first kappa shape index (κ1) is 13.4. The topological polar surface area (TPSA) is 63.6 Å². The molecule has 0 radical (unpaired) electrons. The molecule has 0 heterocycles. The molecule has 0 spiro atoms. The van der Waals surface area contributed by atoms with Crippen LogP contribution in [0.4, 0.5) is 0 Å². The third kappa shape index (κ3) is 2.38. The van der Waals surface area contributed by atoms with E-state index in [0.29, 0.717) is 24.7 Å². The van der Waals surface area contributed by atoms with Crippen LogP contribution in [0.5, 0.6) is 0 Å². The van der Waals surface area contributed by atoms with Crippen LogP contribution in [0.3, 0.4) is 0 Å². The SMILES string of the molecule is CC(C)(C)OC(=O)C1(C(=O)O)C[C@@H]2CC[C@@H](C2)C1. The Labute approximate surface area is 108 Å². The second kappa shape index (κ2) is 4.25. The molecule has 4 heteroatoms. The maximum absolute atomic E-state index is 12.3. The highest BCUT2D eigenvalue weighted by atomic mass is 16.6. The van der Waals surface area contributed by atoms with Gasteiger partial charge in [-0.1, -0.05) is 12.8 Å². The molecule has 1 N–H and O–H groups in total. The minimum Gasteiger partial charge on any atom is -0.480 e. The van der Waals surface area contributed by atoms with Gasteiger partial charge in [0.1, 0.15) is 5.60 Å². The molecule has 0 aliphatic heterocycles. The van der Waals surface area contributed by atoms with Crippen molar-refractivity contribution < 1.29 is 19.4 Å². The Morgan fingerprint density at radius 1 is 1.17 bits per heavy atom. The summed E-state index contributed by atoms with van der Waals surface area (Å²) in [7, 11) is 0. The number of aliphatic carboxylic acids is 1. The van der Waals surface area contributed by atoms with Crippen LogP contribution in [0, 0.1) is 17.3 Å². The molecule has 2 fully saturated rings. The minimum absolute atomic E-state index is 0.382. The first-order chi connectivity index (χ1) is 8.23. The third-order valence-electron chi connectivity index (χ3n) is 4.12. The molecule has 2 aliphatic rings. The van der Waals surface area contributed by atoms with E-state index in [0.717, 1.165) is 19.3 Å². The monoisotopic (exact) mass is 254 g/mol. The van der Waals surface area contributed by atoms with Gasteiger partial charge in [-0.05, 0) is 51.9 Å². The molecule has 0 aromatic carbocycles. The number of carbonyl (C=O) groups is 2. The number of fused-ring (bicyclic) bond motifs is 2. The van der Waals surface area contributed by atoms with Gasteiger partial charge in [0.15, 0.2) is 5.41 Å². The van der Waals surface area contributed by atoms with Crippen molar-refractivity contribution in [3.63, 3.8) is 0 Å². The van der Waals surface area contributed by atoms with Crippen LogP contribution in [0.1, 0.15) is 52.9 Å². The molecule has 102 valence electrons. The van der Waals surface area contributed by atoms with Crippen LogP contribution in [-0.2, 0) is 14.3 Å². The van der Waals surface area contributed by atoms with Crippen molar-refractivity contribution in [3.05, 3.63) is 0 Å². The van der Waals surface area contributed by atoms with Crippen molar-refractivity contribution in [1.82, 2.24) is 0 Å². The molecule has 2 bridgehead atoms. The van der Waals surface area contributed by atoms with Crippen LogP contribution in [-0.4, -0.2) is 22.6 Å². The van der Waals surface area contributed by atoms with E-state index in [4.69, 9.17) is 4.74 Å². The second-order valence-electron chi connectivity index (χ2n) is 6.84. The van der Waals surface area contributed by atoms with Crippen molar-refractivity contribution >= 4 is 11.9 Å². The van der Waals surface area contributed by atoms with Crippen molar-refractivity contribution in [3.8, 4) is 0 Å². The Morgan fingerprint density at radius 2 is 1.67 bits per heavy atom. The number of esters is 1. The number of rotatable bonds is 2. The fourth-order valence-corrected chi connectivity index (χ4v) is 3.42. The van der Waals surface area contributed by atoms with E-state index < -0.39 is 23.0 Å². The molecule has 1 unspecified atom stereocenters. The van der Waals surface area contributed by atoms with E-state index in [1.165, 1.54) is 0 Å². The van der Waals surface area contributed by atoms with Crippen molar-refractivity contribution in [2.24, 2.45) is 17.3 Å². The molecular formula is C14H22O4. The summed E-state index contributed by atoms with van der Waals surface area (Å²) in [5, 5.41) is 9.52. The van der Waals surface area contributed by atoms with Crippen molar-refractivity contribution in [2.45, 2.75) is 58.5 Å². The first-order valence-electron chi connectivity index (χ1n) is 6.70. The van der Waals surface area contributed by atoms with Gasteiger partial charge in [-0.25, -0.2) is 0 Å². The average molecular weight is 254 g/mol. The van der Waals surface area contributed by atoms with Crippen molar-refractivity contribution in [2.75, 3.05) is 0 Å². The molecule has 2 saturated carbocycles. The Morgan fingerprint density at radius 3 is 2.06 bits per heavy atom. The fourth-order valence-electron chi connectivity index (χ4n) is 3.42. The lowest BCUT2D eigenvalue weighted by molar-refractivity contribution is -0.181. The van der Waals surface area contributed by atoms with Crippen molar-refractivity contribution in [1.29, 1.82) is 0 Å². The van der Waals surface area contributed by atoms with Crippen LogP contribution < -0.4 is 0 Å². The van der Waals surface area contributed by atoms with Gasteiger partial charge in [-0.3, -0.25) is 9.59 Å². The first-order valence-corrected chi connectivity index (χ1v) is 6.70. The lowest BCUT2D eigenvalue weighted by Crippen LogP contribution is -2.47. The van der Waals surface area contributed by atoms with E-state index in [1.54, 1.807) is 20.8 Å². The molecule has 2 aliphatic carbocycles. The number of ether oxygens (including phenoxy) is 1. The third-order valence-corrected chi connectivity index (χ3v) is 4.12. The van der Waals surface area contributed by atoms with Gasteiger partial charge in [-0.15, -0.1) is 0 Å². The van der Waals surface area contributed by atoms with Gasteiger partial charge in [0.25, 0.3) is 0 Å². The molecular weight excluding hydrogens is 232 g/mol. The van der Waals surface area contributed by atoms with E-state index in [9.17, 15) is 14.7 Å². The number of carbonyl (C=O) groups excluding carboxylic acids is 1. The standard InChI is InChI=1S/C14H22O4/c1-13(2,3)18-12(17)14(11(15)16)7-9-4-5-10(6-9)8-14/h9-10H,4-8H2,1-3H3,(H,15,16)/t9-,10+,14?. The second-order valence-corrected chi connectivity index (χ2v) is 6.84. The zero-order valence-corrected chi connectivity index (χ0v) is 11.4. The number of carboxylic acids is 1. The van der Waals surface area contributed by atoms with Gasteiger partial charge < -0.3 is 9.84 Å². The zero-order valence-electron chi connectivity index (χ0n) is 11.4. The molecule has 4 nitrogen and oxygen atoms in total. The van der Waals surface area contributed by atoms with Gasteiger partial charge in [-0.2, -0.15) is 0 Å². The molecule has 2 rings (SSSR count). The highest BCUT2D eigenvalue weighted by Crippen LogP contribution is 2.51. The van der Waals surface area contributed by atoms with E-state index in [2.05, 4.69) is 0 Å². The zero-order chi connectivity index (χ0) is 13.6. The number of hydrogen-bond acceptors (Lipinski definition) is 3. The fraction of sp³-hybridized carbons (Fsp3) is 0.857. The summed E-state index contributed by atoms with van der Waals surface area (Å²) >= 11 is 0. The minimum atomic E-state index is -1.29. The normalized spacial score (nSPS) is 35.3. The maximum atomic E-state index is 12.3. The predicted octanol–water partition coefficient (Wildman–Crippen LogP) is 2.61. The van der Waals surface area contributed by atoms with E-state index in [1.807, 2.05) is 0 Å².